The van der Waals surface area contributed by atoms with Crippen LogP contribution in [0.15, 0.2) is 199 Å². The van der Waals surface area contributed by atoms with Crippen molar-refractivity contribution < 1.29 is 4.42 Å². The van der Waals surface area contributed by atoms with Crippen LogP contribution in [-0.4, -0.2) is 4.57 Å². The third-order valence-electron chi connectivity index (χ3n) is 10.7. The Bertz CT molecular complexity index is 3190. The van der Waals surface area contributed by atoms with E-state index in [1.54, 1.807) is 0 Å². The van der Waals surface area contributed by atoms with Gasteiger partial charge < -0.3 is 13.9 Å². The van der Waals surface area contributed by atoms with Gasteiger partial charge in [0.15, 0.2) is 0 Å². The molecule has 0 saturated carbocycles. The maximum Gasteiger partial charge on any atom is 0.137 e. The zero-order chi connectivity index (χ0) is 34.9. The molecule has 0 atom stereocenters. The second-order valence-electron chi connectivity index (χ2n) is 13.7. The fourth-order valence-electron chi connectivity index (χ4n) is 8.32. The first-order valence-electron chi connectivity index (χ1n) is 18.1. The number of para-hydroxylation sites is 2. The Hall–Kier alpha value is -7.10. The van der Waals surface area contributed by atoms with Crippen LogP contribution in [0.4, 0.5) is 17.1 Å². The highest BCUT2D eigenvalue weighted by atomic mass is 16.3. The van der Waals surface area contributed by atoms with E-state index >= 15 is 0 Å². The number of furan rings is 1. The summed E-state index contributed by atoms with van der Waals surface area (Å²) in [5, 5.41) is 9.65. The first-order valence-corrected chi connectivity index (χ1v) is 18.1. The lowest BCUT2D eigenvalue weighted by Crippen LogP contribution is -2.11. The molecule has 0 fully saturated rings. The number of benzene rings is 9. The van der Waals surface area contributed by atoms with Crippen molar-refractivity contribution in [1.82, 2.24) is 4.57 Å². The first kappa shape index (κ1) is 29.6. The van der Waals surface area contributed by atoms with Gasteiger partial charge in [0.1, 0.15) is 11.2 Å². The third-order valence-corrected chi connectivity index (χ3v) is 10.7. The predicted molar refractivity (Wildman–Crippen MR) is 223 cm³/mol. The van der Waals surface area contributed by atoms with Gasteiger partial charge in [-0.05, 0) is 81.7 Å². The molecule has 0 aliphatic carbocycles. The number of aromatic nitrogens is 1. The molecular formula is C50H32N2O. The van der Waals surface area contributed by atoms with Gasteiger partial charge in [0.25, 0.3) is 0 Å². The Kier molecular flexibility index (Phi) is 6.55. The van der Waals surface area contributed by atoms with Crippen LogP contribution in [0.25, 0.3) is 82.1 Å². The molecule has 0 bridgehead atoms. The van der Waals surface area contributed by atoms with Crippen molar-refractivity contribution in [3.63, 3.8) is 0 Å². The van der Waals surface area contributed by atoms with Crippen molar-refractivity contribution in [2.45, 2.75) is 0 Å². The lowest BCUT2D eigenvalue weighted by Gasteiger charge is -2.28. The molecule has 0 amide bonds. The molecule has 11 rings (SSSR count). The molecule has 0 unspecified atom stereocenters. The van der Waals surface area contributed by atoms with E-state index in [1.165, 1.54) is 37.8 Å². The Morgan fingerprint density at radius 1 is 0.396 bits per heavy atom. The van der Waals surface area contributed by atoms with Crippen molar-refractivity contribution in [3.05, 3.63) is 194 Å². The van der Waals surface area contributed by atoms with E-state index in [0.29, 0.717) is 0 Å². The van der Waals surface area contributed by atoms with Crippen molar-refractivity contribution >= 4 is 82.4 Å². The summed E-state index contributed by atoms with van der Waals surface area (Å²) in [6.45, 7) is 0. The van der Waals surface area contributed by atoms with Gasteiger partial charge in [0.05, 0.1) is 16.7 Å². The van der Waals surface area contributed by atoms with E-state index in [0.717, 1.165) is 61.3 Å². The number of anilines is 3. The molecule has 2 aromatic heterocycles. The summed E-state index contributed by atoms with van der Waals surface area (Å²) in [5.41, 5.74) is 10.7. The van der Waals surface area contributed by atoms with Gasteiger partial charge in [-0.1, -0.05) is 133 Å². The Labute approximate surface area is 306 Å². The van der Waals surface area contributed by atoms with Crippen molar-refractivity contribution in [1.29, 1.82) is 0 Å². The third kappa shape index (κ3) is 4.68. The second-order valence-corrected chi connectivity index (χ2v) is 13.7. The minimum absolute atomic E-state index is 0.865. The van der Waals surface area contributed by atoms with Crippen LogP contribution in [0.2, 0.25) is 0 Å². The summed E-state index contributed by atoms with van der Waals surface area (Å²) >= 11 is 0. The molecule has 0 spiro atoms. The maximum atomic E-state index is 6.46. The van der Waals surface area contributed by atoms with E-state index < -0.39 is 0 Å². The molecule has 3 heteroatoms. The average molecular weight is 677 g/mol. The lowest BCUT2D eigenvalue weighted by atomic mass is 10.0. The highest BCUT2D eigenvalue weighted by molar-refractivity contribution is 6.22. The topological polar surface area (TPSA) is 21.3 Å². The van der Waals surface area contributed by atoms with Gasteiger partial charge in [-0.2, -0.15) is 0 Å². The largest absolute Gasteiger partial charge is 0.456 e. The van der Waals surface area contributed by atoms with Gasteiger partial charge in [-0.3, -0.25) is 0 Å². The van der Waals surface area contributed by atoms with Gasteiger partial charge in [-0.15, -0.1) is 0 Å². The number of rotatable bonds is 5. The fraction of sp³-hybridized carbons (Fsp3) is 0. The fourth-order valence-corrected chi connectivity index (χ4v) is 8.32. The molecule has 2 heterocycles. The standard InChI is InChI=1S/C50H32N2O/c1-2-13-34(14-3-1)40-17-8-10-20-45(40)51(39-25-27-43-42-19-9-11-21-48(42)53-49(43)32-39)38-26-28-44-47(31-38)52(37-24-22-33-12-4-5-16-36(33)30-37)46-29-23-35-15-6-7-18-41(35)50(44)46/h1-32H. The number of hydrogen-bond donors (Lipinski definition) is 0. The van der Waals surface area contributed by atoms with Crippen LogP contribution in [0.5, 0.6) is 0 Å². The Morgan fingerprint density at radius 2 is 1.06 bits per heavy atom. The van der Waals surface area contributed by atoms with Crippen molar-refractivity contribution in [2.75, 3.05) is 4.90 Å². The van der Waals surface area contributed by atoms with E-state index in [4.69, 9.17) is 4.42 Å². The summed E-state index contributed by atoms with van der Waals surface area (Å²) in [5.74, 6) is 0. The van der Waals surface area contributed by atoms with Crippen molar-refractivity contribution in [3.8, 4) is 16.8 Å². The predicted octanol–water partition coefficient (Wildman–Crippen LogP) is 14.1. The molecule has 3 nitrogen and oxygen atoms in total. The molecule has 248 valence electrons. The number of hydrogen-bond acceptors (Lipinski definition) is 2. The molecule has 0 aliphatic rings. The van der Waals surface area contributed by atoms with Gasteiger partial charge in [0, 0.05) is 50.2 Å². The highest BCUT2D eigenvalue weighted by Gasteiger charge is 2.22. The smallest absolute Gasteiger partial charge is 0.137 e. The van der Waals surface area contributed by atoms with E-state index in [1.807, 2.05) is 12.1 Å². The molecule has 11 aromatic rings. The van der Waals surface area contributed by atoms with Crippen molar-refractivity contribution in [2.24, 2.45) is 0 Å². The molecule has 9 aromatic carbocycles. The molecule has 0 aliphatic heterocycles. The minimum atomic E-state index is 0.865. The summed E-state index contributed by atoms with van der Waals surface area (Å²) in [6, 6.07) is 69.8. The number of fused-ring (bicyclic) bond motifs is 9. The zero-order valence-electron chi connectivity index (χ0n) is 28.8. The maximum absolute atomic E-state index is 6.46. The van der Waals surface area contributed by atoms with Crippen LogP contribution in [0, 0.1) is 0 Å². The number of nitrogens with zero attached hydrogens (tertiary/aromatic N) is 2. The molecule has 0 radical (unpaired) electrons. The molecular weight excluding hydrogens is 645 g/mol. The van der Waals surface area contributed by atoms with Crippen LogP contribution < -0.4 is 4.90 Å². The Morgan fingerprint density at radius 3 is 1.94 bits per heavy atom. The minimum Gasteiger partial charge on any atom is -0.456 e. The van der Waals surface area contributed by atoms with Crippen LogP contribution in [0.1, 0.15) is 0 Å². The molecule has 0 N–H and O–H groups in total. The van der Waals surface area contributed by atoms with Gasteiger partial charge in [0.2, 0.25) is 0 Å². The van der Waals surface area contributed by atoms with Gasteiger partial charge in [-0.25, -0.2) is 0 Å². The summed E-state index contributed by atoms with van der Waals surface area (Å²) < 4.78 is 8.90. The SMILES string of the molecule is c1ccc(-c2ccccc2N(c2ccc3c(c2)oc2ccccc23)c2ccc3c4c5ccccc5ccc4n(-c4ccc5ccccc5c4)c3c2)cc1. The normalized spacial score (nSPS) is 11.8. The van der Waals surface area contributed by atoms with Crippen LogP contribution in [0.3, 0.4) is 0 Å². The molecule has 0 saturated heterocycles. The second kappa shape index (κ2) is 11.7. The summed E-state index contributed by atoms with van der Waals surface area (Å²) in [4.78, 5) is 2.38. The van der Waals surface area contributed by atoms with E-state index in [9.17, 15) is 0 Å². The quantitative estimate of drug-likeness (QED) is 0.181. The summed E-state index contributed by atoms with van der Waals surface area (Å²) in [7, 11) is 0. The van der Waals surface area contributed by atoms with E-state index in [-0.39, 0.29) is 0 Å². The van der Waals surface area contributed by atoms with E-state index in [2.05, 4.69) is 191 Å². The highest BCUT2D eigenvalue weighted by Crippen LogP contribution is 2.45. The summed E-state index contributed by atoms with van der Waals surface area (Å²) in [6.07, 6.45) is 0. The van der Waals surface area contributed by atoms with Gasteiger partial charge >= 0.3 is 0 Å². The lowest BCUT2D eigenvalue weighted by molar-refractivity contribution is 0.669. The van der Waals surface area contributed by atoms with Crippen LogP contribution in [-0.2, 0) is 0 Å². The monoisotopic (exact) mass is 676 g/mol. The zero-order valence-corrected chi connectivity index (χ0v) is 28.8. The van der Waals surface area contributed by atoms with Crippen LogP contribution >= 0.6 is 0 Å². The first-order chi connectivity index (χ1) is 26.3. The Balaban J connectivity index is 1.22. The average Bonchev–Trinajstić information content (AvgIpc) is 3.76. The molecule has 53 heavy (non-hydrogen) atoms.